The molecular weight excluding hydrogens is 574 g/mol. The third kappa shape index (κ3) is 23.9. The first-order chi connectivity index (χ1) is 22.3. The van der Waals surface area contributed by atoms with Crippen molar-refractivity contribution < 1.29 is 24.0 Å². The average molecular weight is 646 g/mol. The third-order valence-corrected chi connectivity index (χ3v) is 9.50. The van der Waals surface area contributed by atoms with Gasteiger partial charge in [-0.15, -0.1) is 0 Å². The van der Waals surface area contributed by atoms with Gasteiger partial charge in [0.05, 0.1) is 26.2 Å². The van der Waals surface area contributed by atoms with Crippen molar-refractivity contribution in [1.82, 2.24) is 10.6 Å². The summed E-state index contributed by atoms with van der Waals surface area (Å²) in [5.74, 6) is -1.96. The van der Waals surface area contributed by atoms with Crippen LogP contribution in [0.3, 0.4) is 0 Å². The molecule has 0 aliphatic heterocycles. The number of quaternary nitrogens is 1. The van der Waals surface area contributed by atoms with E-state index in [2.05, 4.69) is 45.3 Å². The second kappa shape index (κ2) is 30.0. The summed E-state index contributed by atoms with van der Waals surface area (Å²) in [5, 5.41) is 16.3. The highest BCUT2D eigenvalue weighted by atomic mass is 16.4. The van der Waals surface area contributed by atoms with Crippen LogP contribution in [0.25, 0.3) is 0 Å². The van der Waals surface area contributed by atoms with Gasteiger partial charge in [-0.1, -0.05) is 134 Å². The largest absolute Gasteiger partial charge is 0.550 e. The van der Waals surface area contributed by atoms with Crippen molar-refractivity contribution in [2.45, 2.75) is 163 Å². The van der Waals surface area contributed by atoms with E-state index in [9.17, 15) is 19.5 Å². The van der Waals surface area contributed by atoms with Crippen LogP contribution in [0.15, 0.2) is 30.3 Å². The maximum atomic E-state index is 12.7. The van der Waals surface area contributed by atoms with Gasteiger partial charge in [-0.2, -0.15) is 0 Å². The van der Waals surface area contributed by atoms with Crippen LogP contribution < -0.4 is 15.7 Å². The van der Waals surface area contributed by atoms with Gasteiger partial charge in [-0.05, 0) is 46.1 Å². The molecule has 1 atom stereocenters. The first kappa shape index (κ1) is 43.6. The van der Waals surface area contributed by atoms with Gasteiger partial charge in [0.25, 0.3) is 0 Å². The molecule has 2 N–H and O–H groups in total. The van der Waals surface area contributed by atoms with Crippen molar-refractivity contribution in [3.05, 3.63) is 35.9 Å². The zero-order valence-electron chi connectivity index (χ0n) is 30.5. The predicted molar refractivity (Wildman–Crippen MR) is 191 cm³/mol. The van der Waals surface area contributed by atoms with Crippen molar-refractivity contribution in [2.24, 2.45) is 0 Å². The summed E-state index contributed by atoms with van der Waals surface area (Å²) in [6.45, 7) is 17.1. The first-order valence-corrected chi connectivity index (χ1v) is 18.9. The molecule has 266 valence electrons. The number of aliphatic carboxylic acids is 1. The van der Waals surface area contributed by atoms with E-state index in [-0.39, 0.29) is 18.7 Å². The summed E-state index contributed by atoms with van der Waals surface area (Å²) in [6.07, 6.45) is 20.7. The Bertz CT molecular complexity index is 856. The molecule has 0 aliphatic carbocycles. The van der Waals surface area contributed by atoms with E-state index in [1.807, 2.05) is 30.3 Å². The minimum Gasteiger partial charge on any atom is -0.550 e. The highest BCUT2D eigenvalue weighted by molar-refractivity contribution is 5.88. The van der Waals surface area contributed by atoms with E-state index in [1.54, 1.807) is 0 Å². The van der Waals surface area contributed by atoms with Gasteiger partial charge in [0.1, 0.15) is 6.04 Å². The summed E-state index contributed by atoms with van der Waals surface area (Å²) < 4.78 is 1.28. The smallest absolute Gasteiger partial charge is 0.242 e. The second-order valence-corrected chi connectivity index (χ2v) is 12.9. The van der Waals surface area contributed by atoms with Gasteiger partial charge in [0.2, 0.25) is 11.8 Å². The number of carboxylic acid groups (broad SMARTS) is 1. The van der Waals surface area contributed by atoms with Crippen LogP contribution in [0.4, 0.5) is 0 Å². The van der Waals surface area contributed by atoms with Gasteiger partial charge in [-0.25, -0.2) is 0 Å². The maximum absolute atomic E-state index is 12.7. The average Bonchev–Trinajstić information content (AvgIpc) is 3.07. The molecule has 0 radical (unpaired) electrons. The molecule has 0 bridgehead atoms. The number of hydrogen-bond donors (Lipinski definition) is 2. The van der Waals surface area contributed by atoms with Crippen LogP contribution >= 0.6 is 0 Å². The second-order valence-electron chi connectivity index (χ2n) is 12.9. The van der Waals surface area contributed by atoms with Gasteiger partial charge in [-0.3, -0.25) is 9.59 Å². The maximum Gasteiger partial charge on any atom is 0.242 e. The van der Waals surface area contributed by atoms with Crippen LogP contribution in [0.1, 0.15) is 156 Å². The minimum absolute atomic E-state index is 0.194. The fourth-order valence-corrected chi connectivity index (χ4v) is 5.89. The molecule has 2 amide bonds. The molecule has 1 aromatic carbocycles. The molecule has 0 spiro atoms. The number of benzene rings is 1. The molecule has 0 unspecified atom stereocenters. The number of nitrogens with zero attached hydrogens (tertiary/aromatic N) is 1. The molecule has 0 fully saturated rings. The monoisotopic (exact) mass is 646 g/mol. The molecule has 7 nitrogen and oxygen atoms in total. The van der Waals surface area contributed by atoms with Crippen LogP contribution in [-0.2, 0) is 20.8 Å². The van der Waals surface area contributed by atoms with Crippen molar-refractivity contribution in [3.8, 4) is 0 Å². The Kier molecular flexibility index (Phi) is 28.4. The van der Waals surface area contributed by atoms with Gasteiger partial charge >= 0.3 is 0 Å². The molecule has 0 heterocycles. The SMILES string of the molecule is CCCCCCCCCCCCCCCCCCNC(=O)[C@@H](Cc1ccccc1)NC(=O)CCC(=O)[O-].CC[N+](CC)(CC)CC. The number of nitrogens with one attached hydrogen (secondary N) is 2. The number of hydrogen-bond acceptors (Lipinski definition) is 4. The van der Waals surface area contributed by atoms with E-state index < -0.39 is 17.9 Å². The lowest BCUT2D eigenvalue weighted by molar-refractivity contribution is -0.921. The highest BCUT2D eigenvalue weighted by Gasteiger charge is 2.21. The predicted octanol–water partition coefficient (Wildman–Crippen LogP) is 7.50. The molecule has 0 saturated carbocycles. The number of unbranched alkanes of at least 4 members (excludes halogenated alkanes) is 15. The van der Waals surface area contributed by atoms with E-state index in [0.29, 0.717) is 13.0 Å². The van der Waals surface area contributed by atoms with E-state index >= 15 is 0 Å². The quantitative estimate of drug-likeness (QED) is 0.0728. The van der Waals surface area contributed by atoms with Gasteiger partial charge in [0, 0.05) is 25.4 Å². The number of carbonyl (C=O) groups is 3. The Morgan fingerprint density at radius 2 is 1.07 bits per heavy atom. The van der Waals surface area contributed by atoms with E-state index in [0.717, 1.165) is 18.4 Å². The van der Waals surface area contributed by atoms with Crippen LogP contribution in [-0.4, -0.2) is 61.0 Å². The lowest BCUT2D eigenvalue weighted by atomic mass is 10.0. The molecule has 46 heavy (non-hydrogen) atoms. The fourth-order valence-electron chi connectivity index (χ4n) is 5.89. The summed E-state index contributed by atoms with van der Waals surface area (Å²) >= 11 is 0. The molecule has 0 aliphatic rings. The zero-order valence-corrected chi connectivity index (χ0v) is 30.5. The van der Waals surface area contributed by atoms with Crippen molar-refractivity contribution in [2.75, 3.05) is 32.7 Å². The molecular formula is C39H71N3O4. The first-order valence-electron chi connectivity index (χ1n) is 18.9. The topological polar surface area (TPSA) is 98.3 Å². The Balaban J connectivity index is 0.00000195. The molecule has 7 heteroatoms. The Hall–Kier alpha value is -2.41. The van der Waals surface area contributed by atoms with Gasteiger partial charge < -0.3 is 25.0 Å². The van der Waals surface area contributed by atoms with E-state index in [4.69, 9.17) is 0 Å². The van der Waals surface area contributed by atoms with E-state index in [1.165, 1.54) is 121 Å². The number of carbonyl (C=O) groups excluding carboxylic acids is 3. The van der Waals surface area contributed by atoms with Crippen molar-refractivity contribution in [3.63, 3.8) is 0 Å². The number of amides is 2. The zero-order chi connectivity index (χ0) is 34.3. The van der Waals surface area contributed by atoms with Crippen LogP contribution in [0, 0.1) is 0 Å². The minimum atomic E-state index is -1.28. The number of rotatable bonds is 28. The number of carboxylic acids is 1. The standard InChI is InChI=1S/C31H52N2O4.C8H20N/c1-2-3-4-5-6-7-8-9-10-11-12-13-14-15-16-20-25-32-31(37)28(26-27-21-18-17-19-22-27)33-29(34)23-24-30(35)36;1-5-9(6-2,7-3)8-4/h17-19,21-22,28H,2-16,20,23-26H2,1H3,(H,32,37)(H,33,34)(H,35,36);5-8H2,1-4H3/q;+1/p-1/t28-;/m1./s1. The fraction of sp³-hybridized carbons (Fsp3) is 0.769. The Morgan fingerprint density at radius 3 is 1.46 bits per heavy atom. The summed E-state index contributed by atoms with van der Waals surface area (Å²) in [7, 11) is 0. The molecule has 0 aromatic heterocycles. The Labute approximate surface area is 283 Å². The summed E-state index contributed by atoms with van der Waals surface area (Å²) in [6, 6.07) is 8.76. The Morgan fingerprint density at radius 1 is 0.630 bits per heavy atom. The lowest BCUT2D eigenvalue weighted by Crippen LogP contribution is -2.48. The van der Waals surface area contributed by atoms with Crippen LogP contribution in [0.5, 0.6) is 0 Å². The van der Waals surface area contributed by atoms with Gasteiger partial charge in [0.15, 0.2) is 0 Å². The van der Waals surface area contributed by atoms with Crippen molar-refractivity contribution in [1.29, 1.82) is 0 Å². The third-order valence-electron chi connectivity index (χ3n) is 9.50. The normalized spacial score (nSPS) is 11.8. The molecule has 1 aromatic rings. The summed E-state index contributed by atoms with van der Waals surface area (Å²) in [5.41, 5.74) is 0.935. The molecule has 1 rings (SSSR count). The molecule has 0 saturated heterocycles. The van der Waals surface area contributed by atoms with Crippen molar-refractivity contribution >= 4 is 17.8 Å². The lowest BCUT2D eigenvalue weighted by Gasteiger charge is -2.34. The van der Waals surface area contributed by atoms with Crippen LogP contribution in [0.2, 0.25) is 0 Å². The summed E-state index contributed by atoms with van der Waals surface area (Å²) in [4.78, 5) is 35.5. The highest BCUT2D eigenvalue weighted by Crippen LogP contribution is 2.14.